The van der Waals surface area contributed by atoms with Crippen molar-refractivity contribution in [2.24, 2.45) is 11.3 Å². The highest BCUT2D eigenvalue weighted by atomic mass is 16.2. The third-order valence-corrected chi connectivity index (χ3v) is 9.62. The first kappa shape index (κ1) is 37.3. The van der Waals surface area contributed by atoms with E-state index in [1.165, 1.54) is 0 Å². The number of nitrogens with zero attached hydrogens (tertiary/aromatic N) is 3. The maximum Gasteiger partial charge on any atom is 0.249 e. The van der Waals surface area contributed by atoms with Crippen LogP contribution in [0.25, 0.3) is 0 Å². The zero-order valence-electron chi connectivity index (χ0n) is 29.9. The van der Waals surface area contributed by atoms with Crippen LogP contribution in [0.3, 0.4) is 0 Å². The summed E-state index contributed by atoms with van der Waals surface area (Å²) in [6, 6.07) is 7.95. The monoisotopic (exact) mass is 637 g/mol. The van der Waals surface area contributed by atoms with Crippen molar-refractivity contribution in [1.29, 1.82) is 0 Å². The lowest BCUT2D eigenvalue weighted by Gasteiger charge is -2.41. The van der Waals surface area contributed by atoms with E-state index >= 15 is 0 Å². The Morgan fingerprint density at radius 3 is 2.07 bits per heavy atom. The number of amides is 4. The first-order valence-electron chi connectivity index (χ1n) is 17.2. The number of piperidine rings is 1. The zero-order valence-corrected chi connectivity index (χ0v) is 29.9. The summed E-state index contributed by atoms with van der Waals surface area (Å²) in [5, 5.41) is 6.23. The minimum Gasteiger partial charge on any atom is -0.348 e. The molecule has 5 atom stereocenters. The van der Waals surface area contributed by atoms with Gasteiger partial charge in [0.15, 0.2) is 0 Å². The molecule has 9 heteroatoms. The lowest BCUT2D eigenvalue weighted by Crippen LogP contribution is -2.60. The topological polar surface area (TPSA) is 102 Å². The molecule has 2 aliphatic rings. The number of benzene rings is 1. The van der Waals surface area contributed by atoms with Gasteiger partial charge in [-0.1, -0.05) is 77.4 Å². The molecule has 0 spiro atoms. The molecular formula is C37H59N5O4. The molecule has 1 unspecified atom stereocenters. The van der Waals surface area contributed by atoms with Gasteiger partial charge in [-0.15, -0.1) is 0 Å². The van der Waals surface area contributed by atoms with Crippen LogP contribution in [0.4, 0.5) is 0 Å². The number of nitrogens with one attached hydrogen (secondary N) is 2. The Morgan fingerprint density at radius 2 is 1.48 bits per heavy atom. The van der Waals surface area contributed by atoms with Crippen molar-refractivity contribution in [3.05, 3.63) is 47.5 Å². The molecule has 9 nitrogen and oxygen atoms in total. The summed E-state index contributed by atoms with van der Waals surface area (Å²) < 4.78 is 0. The van der Waals surface area contributed by atoms with E-state index < -0.39 is 17.5 Å². The van der Waals surface area contributed by atoms with Crippen molar-refractivity contribution in [2.45, 2.75) is 131 Å². The Labute approximate surface area is 277 Å². The van der Waals surface area contributed by atoms with Gasteiger partial charge in [0.25, 0.3) is 0 Å². The molecule has 2 N–H and O–H groups in total. The van der Waals surface area contributed by atoms with Crippen LogP contribution in [0, 0.1) is 11.3 Å². The van der Waals surface area contributed by atoms with Crippen LogP contribution in [-0.2, 0) is 19.2 Å². The van der Waals surface area contributed by atoms with Gasteiger partial charge in [0.05, 0.1) is 18.1 Å². The average molecular weight is 638 g/mol. The molecule has 0 bridgehead atoms. The molecule has 2 aliphatic heterocycles. The largest absolute Gasteiger partial charge is 0.348 e. The van der Waals surface area contributed by atoms with Crippen LogP contribution in [0.2, 0.25) is 0 Å². The second-order valence-electron chi connectivity index (χ2n) is 15.0. The number of hydrogen-bond donors (Lipinski definition) is 2. The molecular weight excluding hydrogens is 578 g/mol. The number of likely N-dealkylation sites (tertiary alicyclic amines) is 2. The minimum atomic E-state index is -0.732. The third kappa shape index (κ3) is 9.20. The SMILES string of the molecule is C/C(=C\[C@H](C(C)C)N(C)C(=O)[C@@H](NC(=O)C1CCCCN1C(C)C)C(C)(C)C)C(=O)N1CCC[C@H]1C(=O)N[C@@H](C)c1ccccc1. The van der Waals surface area contributed by atoms with Gasteiger partial charge in [0.2, 0.25) is 23.6 Å². The Balaban J connectivity index is 1.76. The fourth-order valence-corrected chi connectivity index (χ4v) is 6.81. The van der Waals surface area contributed by atoms with Crippen LogP contribution < -0.4 is 10.6 Å². The van der Waals surface area contributed by atoms with E-state index in [0.717, 1.165) is 37.8 Å². The molecule has 0 saturated carbocycles. The summed E-state index contributed by atoms with van der Waals surface area (Å²) in [6.45, 7) is 19.3. The predicted molar refractivity (Wildman–Crippen MR) is 184 cm³/mol. The Morgan fingerprint density at radius 1 is 0.870 bits per heavy atom. The highest BCUT2D eigenvalue weighted by Gasteiger charge is 2.40. The predicted octanol–water partition coefficient (Wildman–Crippen LogP) is 5.08. The quantitative estimate of drug-likeness (QED) is 0.330. The number of carbonyl (C=O) groups excluding carboxylic acids is 4. The van der Waals surface area contributed by atoms with E-state index in [4.69, 9.17) is 0 Å². The summed E-state index contributed by atoms with van der Waals surface area (Å²) >= 11 is 0. The summed E-state index contributed by atoms with van der Waals surface area (Å²) in [7, 11) is 1.75. The molecule has 256 valence electrons. The van der Waals surface area contributed by atoms with Crippen molar-refractivity contribution >= 4 is 23.6 Å². The molecule has 2 saturated heterocycles. The maximum atomic E-state index is 14.2. The van der Waals surface area contributed by atoms with E-state index in [1.807, 2.05) is 78.0 Å². The first-order valence-corrected chi connectivity index (χ1v) is 17.2. The smallest absolute Gasteiger partial charge is 0.249 e. The van der Waals surface area contributed by atoms with Crippen LogP contribution >= 0.6 is 0 Å². The number of rotatable bonds is 11. The van der Waals surface area contributed by atoms with Gasteiger partial charge < -0.3 is 20.4 Å². The fourth-order valence-electron chi connectivity index (χ4n) is 6.81. The van der Waals surface area contributed by atoms with Gasteiger partial charge in [0, 0.05) is 25.2 Å². The molecule has 0 radical (unpaired) electrons. The van der Waals surface area contributed by atoms with Gasteiger partial charge in [-0.05, 0) is 76.8 Å². The van der Waals surface area contributed by atoms with Gasteiger partial charge in [-0.25, -0.2) is 0 Å². The van der Waals surface area contributed by atoms with E-state index in [2.05, 4.69) is 29.4 Å². The maximum absolute atomic E-state index is 14.2. The van der Waals surface area contributed by atoms with Gasteiger partial charge >= 0.3 is 0 Å². The molecule has 46 heavy (non-hydrogen) atoms. The van der Waals surface area contributed by atoms with Gasteiger partial charge in [0.1, 0.15) is 12.1 Å². The van der Waals surface area contributed by atoms with Crippen molar-refractivity contribution in [1.82, 2.24) is 25.3 Å². The zero-order chi connectivity index (χ0) is 34.3. The molecule has 1 aromatic rings. The van der Waals surface area contributed by atoms with Crippen LogP contribution in [0.5, 0.6) is 0 Å². The van der Waals surface area contributed by atoms with Crippen molar-refractivity contribution in [3.63, 3.8) is 0 Å². The van der Waals surface area contributed by atoms with Crippen molar-refractivity contribution in [3.8, 4) is 0 Å². The lowest BCUT2D eigenvalue weighted by atomic mass is 9.84. The minimum absolute atomic E-state index is 0.00666. The molecule has 4 amide bonds. The van der Waals surface area contributed by atoms with E-state index in [-0.39, 0.29) is 53.7 Å². The molecule has 3 rings (SSSR count). The standard InChI is InChI=1S/C37H59N5O4/c1-24(2)31(40(10)36(46)32(37(7,8)9)39-34(44)29-19-14-15-21-41(29)25(3)4)23-26(5)35(45)42-22-16-20-30(42)33(43)38-27(6)28-17-12-11-13-18-28/h11-13,17-18,23-25,27,29-32H,14-16,19-22H2,1-10H3,(H,38,43)(H,39,44)/b26-23+/t27-,29?,30-,31+,32+/m0/s1. The fraction of sp³-hybridized carbons (Fsp3) is 0.676. The summed E-state index contributed by atoms with van der Waals surface area (Å²) in [4.78, 5) is 60.4. The van der Waals surface area contributed by atoms with Gasteiger partial charge in [-0.3, -0.25) is 24.1 Å². The normalized spacial score (nSPS) is 21.6. The lowest BCUT2D eigenvalue weighted by molar-refractivity contribution is -0.142. The Hall–Kier alpha value is -3.20. The van der Waals surface area contributed by atoms with Crippen LogP contribution in [0.15, 0.2) is 42.0 Å². The van der Waals surface area contributed by atoms with E-state index in [1.54, 1.807) is 23.8 Å². The number of likely N-dealkylation sites (N-methyl/N-ethyl adjacent to an activating group) is 1. The molecule has 2 heterocycles. The second-order valence-corrected chi connectivity index (χ2v) is 15.0. The summed E-state index contributed by atoms with van der Waals surface area (Å²) in [5.74, 6) is -0.620. The molecule has 2 fully saturated rings. The second kappa shape index (κ2) is 16.1. The number of hydrogen-bond acceptors (Lipinski definition) is 5. The first-order chi connectivity index (χ1) is 21.5. The van der Waals surface area contributed by atoms with Crippen molar-refractivity contribution in [2.75, 3.05) is 20.1 Å². The highest BCUT2D eigenvalue weighted by Crippen LogP contribution is 2.27. The third-order valence-electron chi connectivity index (χ3n) is 9.62. The van der Waals surface area contributed by atoms with Gasteiger partial charge in [-0.2, -0.15) is 0 Å². The number of carbonyl (C=O) groups is 4. The molecule has 0 aliphatic carbocycles. The Kier molecular flexibility index (Phi) is 13.0. The molecule has 1 aromatic carbocycles. The van der Waals surface area contributed by atoms with Crippen molar-refractivity contribution < 1.29 is 19.2 Å². The van der Waals surface area contributed by atoms with E-state index in [9.17, 15) is 19.2 Å². The summed E-state index contributed by atoms with van der Waals surface area (Å²) in [6.07, 6.45) is 6.07. The van der Waals surface area contributed by atoms with Crippen LogP contribution in [0.1, 0.15) is 106 Å². The Bertz CT molecular complexity index is 1240. The highest BCUT2D eigenvalue weighted by molar-refractivity contribution is 5.97. The van der Waals surface area contributed by atoms with Crippen LogP contribution in [-0.4, -0.2) is 88.7 Å². The average Bonchev–Trinajstić information content (AvgIpc) is 3.51. The molecule has 0 aromatic heterocycles. The summed E-state index contributed by atoms with van der Waals surface area (Å²) in [5.41, 5.74) is 0.984. The van der Waals surface area contributed by atoms with E-state index in [0.29, 0.717) is 18.5 Å².